The van der Waals surface area contributed by atoms with Crippen LogP contribution in [0.1, 0.15) is 19.5 Å². The zero-order chi connectivity index (χ0) is 21.1. The number of thioether (sulfide) groups is 1. The van der Waals surface area contributed by atoms with E-state index in [0.29, 0.717) is 68.4 Å². The quantitative estimate of drug-likeness (QED) is 0.359. The van der Waals surface area contributed by atoms with Gasteiger partial charge in [0.15, 0.2) is 11.3 Å². The Morgan fingerprint density at radius 3 is 2.72 bits per heavy atom. The van der Waals surface area contributed by atoms with Crippen LogP contribution in [0.15, 0.2) is 17.3 Å². The Morgan fingerprint density at radius 1 is 1.28 bits per heavy atom. The zero-order valence-corrected chi connectivity index (χ0v) is 17.9. The maximum absolute atomic E-state index is 12.1. The van der Waals surface area contributed by atoms with E-state index in [2.05, 4.69) is 15.3 Å². The summed E-state index contributed by atoms with van der Waals surface area (Å²) in [5.41, 5.74) is -0.0873. The van der Waals surface area contributed by atoms with Crippen molar-refractivity contribution in [1.29, 1.82) is 0 Å². The predicted octanol–water partition coefficient (Wildman–Crippen LogP) is 1.69. The lowest BCUT2D eigenvalue weighted by Crippen LogP contribution is -2.35. The number of methoxy groups -OCH3 is 1. The van der Waals surface area contributed by atoms with Crippen LogP contribution in [0.4, 0.5) is 5.69 Å². The highest BCUT2D eigenvalue weighted by Gasteiger charge is 2.40. The minimum atomic E-state index is -0.966. The molecular formula is C19H29N3O6S. The Balaban J connectivity index is 1.86. The Morgan fingerprint density at radius 2 is 2.00 bits per heavy atom. The molecule has 0 amide bonds. The van der Waals surface area contributed by atoms with Crippen LogP contribution in [0.25, 0.3) is 0 Å². The molecular weight excluding hydrogens is 398 g/mol. The van der Waals surface area contributed by atoms with Gasteiger partial charge in [0.05, 0.1) is 45.3 Å². The van der Waals surface area contributed by atoms with Gasteiger partial charge >= 0.3 is 5.97 Å². The molecule has 0 radical (unpaired) electrons. The third-order valence-electron chi connectivity index (χ3n) is 4.05. The molecule has 162 valence electrons. The minimum absolute atomic E-state index is 0.00485. The summed E-state index contributed by atoms with van der Waals surface area (Å²) in [4.78, 5) is 20.8. The SMILES string of the molecule is CCOC(=O)C1(C)CSC(c2nccc(NCCOCCOCCOC)c2O)=N1. The van der Waals surface area contributed by atoms with Gasteiger partial charge in [-0.2, -0.15) is 0 Å². The van der Waals surface area contributed by atoms with Crippen LogP contribution in [0.3, 0.4) is 0 Å². The number of hydrogen-bond acceptors (Lipinski definition) is 10. The topological polar surface area (TPSA) is 112 Å². The Kier molecular flexibility index (Phi) is 9.65. The average Bonchev–Trinajstić information content (AvgIpc) is 3.11. The summed E-state index contributed by atoms with van der Waals surface area (Å²) in [7, 11) is 1.63. The molecule has 0 bridgehead atoms. The number of nitrogens with zero attached hydrogens (tertiary/aromatic N) is 2. The second-order valence-electron chi connectivity index (χ2n) is 6.40. The number of nitrogens with one attached hydrogen (secondary N) is 1. The monoisotopic (exact) mass is 427 g/mol. The van der Waals surface area contributed by atoms with Gasteiger partial charge < -0.3 is 29.4 Å². The third kappa shape index (κ3) is 6.84. The van der Waals surface area contributed by atoms with Gasteiger partial charge in [0.1, 0.15) is 10.7 Å². The van der Waals surface area contributed by atoms with Gasteiger partial charge in [-0.1, -0.05) is 0 Å². The van der Waals surface area contributed by atoms with Crippen LogP contribution >= 0.6 is 11.8 Å². The second-order valence-corrected chi connectivity index (χ2v) is 7.36. The van der Waals surface area contributed by atoms with Gasteiger partial charge in [-0.15, -0.1) is 11.8 Å². The van der Waals surface area contributed by atoms with Crippen LogP contribution in [-0.2, 0) is 23.7 Å². The number of aromatic hydroxyl groups is 1. The molecule has 1 aliphatic heterocycles. The van der Waals surface area contributed by atoms with Crippen molar-refractivity contribution in [1.82, 2.24) is 4.98 Å². The van der Waals surface area contributed by atoms with Gasteiger partial charge in [-0.3, -0.25) is 4.99 Å². The first-order chi connectivity index (χ1) is 14.0. The van der Waals surface area contributed by atoms with Gasteiger partial charge in [0.2, 0.25) is 0 Å². The average molecular weight is 428 g/mol. The Bertz CT molecular complexity index is 703. The lowest BCUT2D eigenvalue weighted by molar-refractivity contribution is -0.147. The van der Waals surface area contributed by atoms with Gasteiger partial charge in [-0.25, -0.2) is 9.78 Å². The first-order valence-electron chi connectivity index (χ1n) is 9.48. The summed E-state index contributed by atoms with van der Waals surface area (Å²) in [5.74, 6) is 0.0645. The third-order valence-corrected chi connectivity index (χ3v) is 5.31. The van der Waals surface area contributed by atoms with Crippen LogP contribution in [0.5, 0.6) is 5.75 Å². The van der Waals surface area contributed by atoms with E-state index in [1.807, 2.05) is 0 Å². The molecule has 1 aliphatic rings. The number of aliphatic imine (C=N–C) groups is 1. The summed E-state index contributed by atoms with van der Waals surface area (Å²) >= 11 is 1.37. The summed E-state index contributed by atoms with van der Waals surface area (Å²) < 4.78 is 20.8. The molecule has 0 saturated carbocycles. The van der Waals surface area contributed by atoms with Crippen molar-refractivity contribution in [2.75, 3.05) is 64.4 Å². The molecule has 1 aromatic heterocycles. The molecule has 0 aromatic carbocycles. The number of carbonyl (C=O) groups is 1. The lowest BCUT2D eigenvalue weighted by Gasteiger charge is -2.16. The second kappa shape index (κ2) is 12.0. The zero-order valence-electron chi connectivity index (χ0n) is 17.1. The molecule has 0 fully saturated rings. The van der Waals surface area contributed by atoms with Crippen molar-refractivity contribution in [3.05, 3.63) is 18.0 Å². The van der Waals surface area contributed by atoms with E-state index < -0.39 is 5.54 Å². The summed E-state index contributed by atoms with van der Waals surface area (Å²) in [5, 5.41) is 14.2. The molecule has 0 aliphatic carbocycles. The molecule has 0 spiro atoms. The highest BCUT2D eigenvalue weighted by Crippen LogP contribution is 2.36. The van der Waals surface area contributed by atoms with Crippen molar-refractivity contribution >= 4 is 28.5 Å². The fourth-order valence-corrected chi connectivity index (χ4v) is 3.64. The van der Waals surface area contributed by atoms with E-state index in [0.717, 1.165) is 0 Å². The summed E-state index contributed by atoms with van der Waals surface area (Å²) in [6, 6.07) is 1.68. The van der Waals surface area contributed by atoms with Crippen LogP contribution in [0.2, 0.25) is 0 Å². The van der Waals surface area contributed by atoms with Crippen LogP contribution in [0, 0.1) is 0 Å². The Labute approximate surface area is 175 Å². The van der Waals surface area contributed by atoms with Crippen molar-refractivity contribution in [3.8, 4) is 5.75 Å². The number of rotatable bonds is 13. The number of hydrogen-bond donors (Lipinski definition) is 2. The number of carbonyl (C=O) groups excluding carboxylic acids is 1. The molecule has 2 N–H and O–H groups in total. The largest absolute Gasteiger partial charge is 0.504 e. The minimum Gasteiger partial charge on any atom is -0.504 e. The number of aromatic nitrogens is 1. The lowest BCUT2D eigenvalue weighted by atomic mass is 10.1. The van der Waals surface area contributed by atoms with Gasteiger partial charge in [0.25, 0.3) is 0 Å². The smallest absolute Gasteiger partial charge is 0.334 e. The van der Waals surface area contributed by atoms with E-state index in [1.165, 1.54) is 11.8 Å². The highest BCUT2D eigenvalue weighted by atomic mass is 32.2. The summed E-state index contributed by atoms with van der Waals surface area (Å²) in [6.07, 6.45) is 1.59. The van der Waals surface area contributed by atoms with Crippen LogP contribution < -0.4 is 5.32 Å². The molecule has 2 rings (SSSR count). The first kappa shape index (κ1) is 23.4. The molecule has 1 unspecified atom stereocenters. The molecule has 2 heterocycles. The fraction of sp³-hybridized carbons (Fsp3) is 0.632. The van der Waals surface area contributed by atoms with Gasteiger partial charge in [-0.05, 0) is 19.9 Å². The maximum atomic E-state index is 12.1. The number of ether oxygens (including phenoxy) is 4. The predicted molar refractivity (Wildman–Crippen MR) is 112 cm³/mol. The van der Waals surface area contributed by atoms with E-state index in [1.54, 1.807) is 33.2 Å². The van der Waals surface area contributed by atoms with Crippen molar-refractivity contribution in [3.63, 3.8) is 0 Å². The molecule has 1 aromatic rings. The highest BCUT2D eigenvalue weighted by molar-refractivity contribution is 8.14. The molecule has 1 atom stereocenters. The van der Waals surface area contributed by atoms with E-state index in [9.17, 15) is 9.90 Å². The Hall–Kier alpha value is -1.88. The van der Waals surface area contributed by atoms with E-state index in [-0.39, 0.29) is 11.7 Å². The fourth-order valence-electron chi connectivity index (χ4n) is 2.49. The standard InChI is InChI=1S/C19H29N3O6S/c1-4-28-18(24)19(2)13-29-17(22-19)15-16(23)14(5-6-21-15)20-7-8-26-11-12-27-10-9-25-3/h5-6,23H,4,7-13H2,1-3H3,(H,20,21). The number of anilines is 1. The molecule has 10 heteroatoms. The van der Waals surface area contributed by atoms with Gasteiger partial charge in [0, 0.05) is 25.6 Å². The van der Waals surface area contributed by atoms with E-state index in [4.69, 9.17) is 18.9 Å². The van der Waals surface area contributed by atoms with E-state index >= 15 is 0 Å². The molecule has 29 heavy (non-hydrogen) atoms. The molecule has 0 saturated heterocycles. The first-order valence-corrected chi connectivity index (χ1v) is 10.5. The van der Waals surface area contributed by atoms with Crippen molar-refractivity contribution in [2.24, 2.45) is 4.99 Å². The summed E-state index contributed by atoms with van der Waals surface area (Å²) in [6.45, 7) is 6.85. The van der Waals surface area contributed by atoms with Crippen LogP contribution in [-0.4, -0.2) is 85.7 Å². The van der Waals surface area contributed by atoms with Crippen molar-refractivity contribution < 1.29 is 28.8 Å². The normalized spacial score (nSPS) is 18.5. The van der Waals surface area contributed by atoms with Crippen molar-refractivity contribution in [2.45, 2.75) is 19.4 Å². The molecule has 9 nitrogen and oxygen atoms in total. The number of esters is 1. The maximum Gasteiger partial charge on any atom is 0.334 e. The number of pyridine rings is 1.